The summed E-state index contributed by atoms with van der Waals surface area (Å²) in [4.78, 5) is 11.9. The first-order chi connectivity index (χ1) is 10.7. The van der Waals surface area contributed by atoms with Gasteiger partial charge in [-0.15, -0.1) is 0 Å². The van der Waals surface area contributed by atoms with Crippen molar-refractivity contribution in [2.24, 2.45) is 0 Å². The largest absolute Gasteiger partial charge is 0.454 e. The smallest absolute Gasteiger partial charge is 0.311 e. The van der Waals surface area contributed by atoms with Crippen LogP contribution in [0.15, 0.2) is 12.1 Å². The van der Waals surface area contributed by atoms with Crippen LogP contribution in [0.5, 0.6) is 17.2 Å². The molecule has 1 fully saturated rings. The van der Waals surface area contributed by atoms with Crippen LogP contribution in [0.4, 0.5) is 5.69 Å². The highest BCUT2D eigenvalue weighted by Crippen LogP contribution is 2.40. The molecule has 1 aromatic carbocycles. The molecular formula is C15H19NO4S2. The van der Waals surface area contributed by atoms with Crippen LogP contribution >= 0.6 is 21.6 Å². The number of carbonyl (C=O) groups excluding carboxylic acids is 1. The van der Waals surface area contributed by atoms with E-state index in [1.54, 1.807) is 12.1 Å². The maximum absolute atomic E-state index is 11.9. The van der Waals surface area contributed by atoms with Gasteiger partial charge >= 0.3 is 5.97 Å². The Balaban J connectivity index is 1.43. The average molecular weight is 341 g/mol. The molecule has 120 valence electrons. The monoisotopic (exact) mass is 341 g/mol. The molecule has 0 amide bonds. The van der Waals surface area contributed by atoms with Crippen LogP contribution in [0.25, 0.3) is 0 Å². The van der Waals surface area contributed by atoms with E-state index < -0.39 is 0 Å². The summed E-state index contributed by atoms with van der Waals surface area (Å²) in [5.74, 6) is 2.49. The highest BCUT2D eigenvalue weighted by molar-refractivity contribution is 8.77. The van der Waals surface area contributed by atoms with Crippen LogP contribution in [-0.4, -0.2) is 23.8 Å². The summed E-state index contributed by atoms with van der Waals surface area (Å²) in [6, 6.07) is 3.24. The molecule has 0 bridgehead atoms. The molecule has 0 aliphatic carbocycles. The fourth-order valence-electron chi connectivity index (χ4n) is 2.41. The van der Waals surface area contributed by atoms with E-state index in [-0.39, 0.29) is 12.8 Å². The lowest BCUT2D eigenvalue weighted by atomic mass is 10.1. The first-order valence-corrected chi connectivity index (χ1v) is 9.78. The molecule has 1 saturated heterocycles. The third-order valence-electron chi connectivity index (χ3n) is 3.61. The molecule has 1 atom stereocenters. The van der Waals surface area contributed by atoms with E-state index in [4.69, 9.17) is 19.9 Å². The lowest BCUT2D eigenvalue weighted by molar-refractivity contribution is -0.134. The minimum Gasteiger partial charge on any atom is -0.454 e. The Labute approximate surface area is 137 Å². The van der Waals surface area contributed by atoms with Crippen molar-refractivity contribution in [3.05, 3.63) is 12.1 Å². The van der Waals surface area contributed by atoms with Crippen LogP contribution in [0.2, 0.25) is 0 Å². The van der Waals surface area contributed by atoms with E-state index in [9.17, 15) is 4.79 Å². The van der Waals surface area contributed by atoms with Gasteiger partial charge < -0.3 is 19.9 Å². The predicted octanol–water partition coefficient (Wildman–Crippen LogP) is 3.62. The number of rotatable bonds is 6. The van der Waals surface area contributed by atoms with Gasteiger partial charge in [0.1, 0.15) is 0 Å². The molecule has 0 aromatic heterocycles. The van der Waals surface area contributed by atoms with Crippen molar-refractivity contribution >= 4 is 33.2 Å². The van der Waals surface area contributed by atoms with Gasteiger partial charge in [-0.25, -0.2) is 0 Å². The topological polar surface area (TPSA) is 70.8 Å². The number of hydrogen-bond donors (Lipinski definition) is 1. The zero-order chi connectivity index (χ0) is 15.4. The number of esters is 1. The Bertz CT molecular complexity index is 547. The summed E-state index contributed by atoms with van der Waals surface area (Å²) in [7, 11) is 3.92. The number of fused-ring (bicyclic) bond motifs is 1. The third kappa shape index (κ3) is 3.95. The van der Waals surface area contributed by atoms with Crippen LogP contribution in [0, 0.1) is 0 Å². The number of nitrogens with two attached hydrogens (primary N) is 1. The lowest BCUT2D eigenvalue weighted by Gasteiger charge is -2.09. The zero-order valence-corrected chi connectivity index (χ0v) is 13.8. The van der Waals surface area contributed by atoms with E-state index in [0.29, 0.717) is 29.4 Å². The Morgan fingerprint density at radius 1 is 1.32 bits per heavy atom. The molecule has 7 heteroatoms. The zero-order valence-electron chi connectivity index (χ0n) is 12.2. The van der Waals surface area contributed by atoms with Gasteiger partial charge in [-0.3, -0.25) is 4.79 Å². The van der Waals surface area contributed by atoms with E-state index in [2.05, 4.69) is 0 Å². The maximum atomic E-state index is 11.9. The van der Waals surface area contributed by atoms with Crippen molar-refractivity contribution in [3.63, 3.8) is 0 Å². The van der Waals surface area contributed by atoms with Gasteiger partial charge in [0.15, 0.2) is 17.2 Å². The second-order valence-electron chi connectivity index (χ2n) is 5.29. The quantitative estimate of drug-likeness (QED) is 0.278. The van der Waals surface area contributed by atoms with E-state index in [1.165, 1.54) is 18.6 Å². The Morgan fingerprint density at radius 3 is 2.91 bits per heavy atom. The minimum absolute atomic E-state index is 0.170. The van der Waals surface area contributed by atoms with Crippen LogP contribution in [0.3, 0.4) is 0 Å². The summed E-state index contributed by atoms with van der Waals surface area (Å²) in [5, 5.41) is 0.755. The molecule has 3 rings (SSSR count). The highest BCUT2D eigenvalue weighted by Gasteiger charge is 2.19. The van der Waals surface area contributed by atoms with Crippen molar-refractivity contribution in [1.82, 2.24) is 0 Å². The van der Waals surface area contributed by atoms with Crippen molar-refractivity contribution in [3.8, 4) is 17.2 Å². The molecular weight excluding hydrogens is 322 g/mol. The minimum atomic E-state index is -0.251. The molecule has 1 aromatic rings. The molecule has 1 unspecified atom stereocenters. The molecule has 2 aliphatic rings. The van der Waals surface area contributed by atoms with Gasteiger partial charge in [-0.2, -0.15) is 0 Å². The van der Waals surface area contributed by atoms with Crippen molar-refractivity contribution in [2.75, 3.05) is 18.3 Å². The van der Waals surface area contributed by atoms with E-state index >= 15 is 0 Å². The van der Waals surface area contributed by atoms with Crippen LogP contribution in [-0.2, 0) is 4.79 Å². The maximum Gasteiger partial charge on any atom is 0.311 e. The molecule has 2 heterocycles. The van der Waals surface area contributed by atoms with Crippen molar-refractivity contribution in [2.45, 2.75) is 37.4 Å². The summed E-state index contributed by atoms with van der Waals surface area (Å²) in [5.41, 5.74) is 6.25. The van der Waals surface area contributed by atoms with Crippen LogP contribution < -0.4 is 19.9 Å². The molecule has 0 saturated carbocycles. The Hall–Kier alpha value is -1.21. The number of nitrogen functional groups attached to an aromatic ring is 1. The van der Waals surface area contributed by atoms with Crippen LogP contribution in [0.1, 0.15) is 32.1 Å². The number of hydrogen-bond acceptors (Lipinski definition) is 7. The molecule has 2 N–H and O–H groups in total. The number of carbonyl (C=O) groups is 1. The second-order valence-corrected chi connectivity index (χ2v) is 8.08. The first-order valence-electron chi connectivity index (χ1n) is 7.40. The van der Waals surface area contributed by atoms with Crippen molar-refractivity contribution < 1.29 is 19.0 Å². The Morgan fingerprint density at radius 2 is 2.14 bits per heavy atom. The van der Waals surface area contributed by atoms with Gasteiger partial charge in [0.2, 0.25) is 6.79 Å². The predicted molar refractivity (Wildman–Crippen MR) is 89.5 cm³/mol. The van der Waals surface area contributed by atoms with Crippen molar-refractivity contribution in [1.29, 1.82) is 0 Å². The van der Waals surface area contributed by atoms with Gasteiger partial charge in [-0.05, 0) is 19.3 Å². The summed E-state index contributed by atoms with van der Waals surface area (Å²) < 4.78 is 15.8. The summed E-state index contributed by atoms with van der Waals surface area (Å²) >= 11 is 0. The van der Waals surface area contributed by atoms with E-state index in [1.807, 2.05) is 21.6 Å². The number of benzene rings is 1. The fourth-order valence-corrected chi connectivity index (χ4v) is 5.43. The SMILES string of the molecule is Nc1cc2c(cc1OC(=O)CCCCC1CCSS1)OCO2. The standard InChI is InChI=1S/C15H19NO4S2/c16-11-7-13-14(19-9-18-13)8-12(11)20-15(17)4-2-1-3-10-5-6-21-22-10/h7-8,10H,1-6,9,16H2. The first kappa shape index (κ1) is 15.7. The van der Waals surface area contributed by atoms with Gasteiger partial charge in [0, 0.05) is 29.6 Å². The summed E-state index contributed by atoms with van der Waals surface area (Å²) in [6.45, 7) is 0.170. The highest BCUT2D eigenvalue weighted by atomic mass is 33.1. The molecule has 22 heavy (non-hydrogen) atoms. The molecule has 5 nitrogen and oxygen atoms in total. The second kappa shape index (κ2) is 7.37. The summed E-state index contributed by atoms with van der Waals surface area (Å²) in [6.07, 6.45) is 4.79. The van der Waals surface area contributed by atoms with Gasteiger partial charge in [0.25, 0.3) is 0 Å². The van der Waals surface area contributed by atoms with Gasteiger partial charge in [0.05, 0.1) is 5.69 Å². The molecule has 0 spiro atoms. The number of ether oxygens (including phenoxy) is 3. The average Bonchev–Trinajstić information content (AvgIpc) is 3.15. The lowest BCUT2D eigenvalue weighted by Crippen LogP contribution is -2.09. The molecule has 2 aliphatic heterocycles. The normalized spacial score (nSPS) is 19.4. The third-order valence-corrected chi connectivity index (χ3v) is 6.62. The Kier molecular flexibility index (Phi) is 5.25. The molecule has 0 radical (unpaired) electrons. The number of anilines is 1. The van der Waals surface area contributed by atoms with E-state index in [0.717, 1.165) is 18.1 Å². The van der Waals surface area contributed by atoms with Gasteiger partial charge in [-0.1, -0.05) is 28.0 Å². The number of unbranched alkanes of at least 4 members (excludes halogenated alkanes) is 1. The fraction of sp³-hybridized carbons (Fsp3) is 0.533.